The van der Waals surface area contributed by atoms with E-state index in [1.165, 1.54) is 23.8 Å². The molecule has 0 N–H and O–H groups in total. The SMILES string of the molecule is CC(C)(C)c1nsc(-c2ccccc2)p1. The van der Waals surface area contributed by atoms with Gasteiger partial charge in [-0.15, -0.1) is 0 Å². The third-order valence-electron chi connectivity index (χ3n) is 2.12. The fourth-order valence-corrected chi connectivity index (χ4v) is 3.55. The van der Waals surface area contributed by atoms with E-state index in [1.54, 1.807) is 11.5 Å². The molecule has 0 radical (unpaired) electrons. The Morgan fingerprint density at radius 1 is 1.13 bits per heavy atom. The maximum atomic E-state index is 4.55. The van der Waals surface area contributed by atoms with Crippen molar-refractivity contribution < 1.29 is 0 Å². The highest BCUT2D eigenvalue weighted by Crippen LogP contribution is 2.39. The fraction of sp³-hybridized carbons (Fsp3) is 0.333. The van der Waals surface area contributed by atoms with E-state index in [1.807, 2.05) is 6.07 Å². The predicted molar refractivity (Wildman–Crippen MR) is 68.8 cm³/mol. The van der Waals surface area contributed by atoms with Crippen LogP contribution >= 0.6 is 19.7 Å². The first-order valence-electron chi connectivity index (χ1n) is 4.97. The van der Waals surface area contributed by atoms with Gasteiger partial charge in [-0.25, -0.2) is 0 Å². The van der Waals surface area contributed by atoms with Crippen molar-refractivity contribution >= 4 is 19.7 Å². The van der Waals surface area contributed by atoms with Crippen LogP contribution in [0.3, 0.4) is 0 Å². The van der Waals surface area contributed by atoms with Crippen molar-refractivity contribution in [1.82, 2.24) is 4.37 Å². The highest BCUT2D eigenvalue weighted by Gasteiger charge is 2.18. The van der Waals surface area contributed by atoms with Crippen LogP contribution in [0.15, 0.2) is 30.3 Å². The lowest BCUT2D eigenvalue weighted by Crippen LogP contribution is -2.09. The average Bonchev–Trinajstić information content (AvgIpc) is 2.67. The summed E-state index contributed by atoms with van der Waals surface area (Å²) in [5.41, 5.74) is 2.75. The lowest BCUT2D eigenvalue weighted by molar-refractivity contribution is 0.589. The van der Waals surface area contributed by atoms with Gasteiger partial charge in [0.1, 0.15) is 0 Å². The average molecular weight is 235 g/mol. The Morgan fingerprint density at radius 3 is 2.33 bits per heavy atom. The van der Waals surface area contributed by atoms with Crippen LogP contribution in [0.25, 0.3) is 10.2 Å². The van der Waals surface area contributed by atoms with E-state index in [-0.39, 0.29) is 5.41 Å². The monoisotopic (exact) mass is 235 g/mol. The summed E-state index contributed by atoms with van der Waals surface area (Å²) in [6.07, 6.45) is 0. The Morgan fingerprint density at radius 2 is 1.80 bits per heavy atom. The summed E-state index contributed by atoms with van der Waals surface area (Å²) in [4.78, 5) is 0. The quantitative estimate of drug-likeness (QED) is 0.698. The summed E-state index contributed by atoms with van der Waals surface area (Å²) in [6, 6.07) is 10.5. The van der Waals surface area contributed by atoms with Crippen LogP contribution in [-0.2, 0) is 5.41 Å². The minimum Gasteiger partial charge on any atom is -0.191 e. The Kier molecular flexibility index (Phi) is 2.90. The van der Waals surface area contributed by atoms with Gasteiger partial charge in [-0.2, -0.15) is 4.37 Å². The molecule has 0 saturated heterocycles. The maximum absolute atomic E-state index is 4.55. The fourth-order valence-electron chi connectivity index (χ4n) is 1.23. The molecule has 1 nitrogen and oxygen atoms in total. The molecule has 2 rings (SSSR count). The molecular formula is C12H14NPS. The van der Waals surface area contributed by atoms with E-state index in [2.05, 4.69) is 49.4 Å². The molecule has 0 fully saturated rings. The van der Waals surface area contributed by atoms with Gasteiger partial charge in [0, 0.05) is 5.41 Å². The molecular weight excluding hydrogens is 221 g/mol. The van der Waals surface area contributed by atoms with Gasteiger partial charge in [-0.3, -0.25) is 0 Å². The Labute approximate surface area is 96.4 Å². The van der Waals surface area contributed by atoms with E-state index in [9.17, 15) is 0 Å². The van der Waals surface area contributed by atoms with Gasteiger partial charge in [0.25, 0.3) is 0 Å². The van der Waals surface area contributed by atoms with Crippen LogP contribution in [0.2, 0.25) is 0 Å². The summed E-state index contributed by atoms with van der Waals surface area (Å²) in [5, 5.41) is 0. The lowest BCUT2D eigenvalue weighted by Gasteiger charge is -2.13. The normalized spacial score (nSPS) is 12.2. The number of nitrogens with zero attached hydrogens (tertiary/aromatic N) is 1. The standard InChI is InChI=1S/C12H14NPS/c1-12(2,3)11-13-15-10(14-11)9-7-5-4-6-8-9/h4-8H,1-3H3. The molecule has 0 unspecified atom stereocenters. The molecule has 0 aliphatic rings. The number of hydrogen-bond acceptors (Lipinski definition) is 2. The smallest absolute Gasteiger partial charge is 0.0869 e. The van der Waals surface area contributed by atoms with E-state index in [0.29, 0.717) is 0 Å². The first-order valence-corrected chi connectivity index (χ1v) is 6.64. The van der Waals surface area contributed by atoms with Crippen LogP contribution < -0.4 is 0 Å². The number of rotatable bonds is 1. The summed E-state index contributed by atoms with van der Waals surface area (Å²) in [5.74, 6) is 0. The predicted octanol–water partition coefficient (Wildman–Crippen LogP) is 4.69. The third-order valence-corrected chi connectivity index (χ3v) is 4.90. The van der Waals surface area contributed by atoms with Gasteiger partial charge < -0.3 is 0 Å². The van der Waals surface area contributed by atoms with E-state index in [0.717, 1.165) is 0 Å². The topological polar surface area (TPSA) is 12.9 Å². The van der Waals surface area contributed by atoms with E-state index < -0.39 is 0 Å². The van der Waals surface area contributed by atoms with Crippen molar-refractivity contribution in [3.63, 3.8) is 0 Å². The van der Waals surface area contributed by atoms with Crippen molar-refractivity contribution in [1.29, 1.82) is 0 Å². The van der Waals surface area contributed by atoms with E-state index >= 15 is 0 Å². The third kappa shape index (κ3) is 2.45. The summed E-state index contributed by atoms with van der Waals surface area (Å²) in [6.45, 7) is 6.65. The molecule has 1 aromatic heterocycles. The molecule has 0 atom stereocenters. The van der Waals surface area contributed by atoms with Crippen molar-refractivity contribution in [3.05, 3.63) is 35.8 Å². The number of hydrogen-bond donors (Lipinski definition) is 0. The van der Waals surface area contributed by atoms with Crippen LogP contribution in [-0.4, -0.2) is 4.37 Å². The zero-order valence-corrected chi connectivity index (χ0v) is 10.9. The molecule has 0 aliphatic heterocycles. The molecule has 1 aromatic carbocycles. The van der Waals surface area contributed by atoms with Gasteiger partial charge in [0.05, 0.1) is 10.0 Å². The van der Waals surface area contributed by atoms with Crippen molar-refractivity contribution in [2.45, 2.75) is 26.2 Å². The zero-order valence-electron chi connectivity index (χ0n) is 9.19. The number of benzene rings is 1. The second kappa shape index (κ2) is 4.03. The first-order chi connectivity index (χ1) is 7.07. The minimum absolute atomic E-state index is 0.186. The molecule has 0 spiro atoms. The molecule has 0 saturated carbocycles. The molecule has 2 aromatic rings. The Bertz CT molecular complexity index is 442. The second-order valence-electron chi connectivity index (χ2n) is 4.54. The van der Waals surface area contributed by atoms with Gasteiger partial charge in [-0.1, -0.05) is 51.1 Å². The lowest BCUT2D eigenvalue weighted by atomic mass is 9.99. The number of aromatic nitrogens is 1. The summed E-state index contributed by atoms with van der Waals surface area (Å²) in [7, 11) is 1.27. The maximum Gasteiger partial charge on any atom is 0.0869 e. The van der Waals surface area contributed by atoms with Crippen molar-refractivity contribution in [2.24, 2.45) is 0 Å². The van der Waals surface area contributed by atoms with Gasteiger partial charge in [0.2, 0.25) is 0 Å². The van der Waals surface area contributed by atoms with Crippen molar-refractivity contribution in [3.8, 4) is 10.2 Å². The Hall–Kier alpha value is -0.720. The highest BCUT2D eigenvalue weighted by atomic mass is 32.1. The molecule has 3 heteroatoms. The van der Waals surface area contributed by atoms with Crippen LogP contribution in [0.4, 0.5) is 0 Å². The van der Waals surface area contributed by atoms with Crippen LogP contribution in [0.5, 0.6) is 0 Å². The largest absolute Gasteiger partial charge is 0.191 e. The Balaban J connectivity index is 2.37. The molecule has 78 valence electrons. The van der Waals surface area contributed by atoms with Crippen molar-refractivity contribution in [2.75, 3.05) is 0 Å². The molecule has 0 amide bonds. The van der Waals surface area contributed by atoms with Crippen LogP contribution in [0, 0.1) is 0 Å². The molecule has 1 heterocycles. The molecule has 15 heavy (non-hydrogen) atoms. The van der Waals surface area contributed by atoms with Crippen LogP contribution in [0.1, 0.15) is 26.2 Å². The van der Waals surface area contributed by atoms with Gasteiger partial charge in [-0.05, 0) is 25.3 Å². The highest BCUT2D eigenvalue weighted by molar-refractivity contribution is 7.45. The zero-order chi connectivity index (χ0) is 10.9. The molecule has 0 aliphatic carbocycles. The summed E-state index contributed by atoms with van der Waals surface area (Å²) < 4.78 is 5.90. The molecule has 0 bridgehead atoms. The second-order valence-corrected chi connectivity index (χ2v) is 6.71. The van der Waals surface area contributed by atoms with Gasteiger partial charge in [0.15, 0.2) is 0 Å². The van der Waals surface area contributed by atoms with Gasteiger partial charge >= 0.3 is 0 Å². The van der Waals surface area contributed by atoms with E-state index in [4.69, 9.17) is 0 Å². The minimum atomic E-state index is 0.186. The summed E-state index contributed by atoms with van der Waals surface area (Å²) >= 11 is 1.62. The first kappa shape index (κ1) is 10.8.